The van der Waals surface area contributed by atoms with Crippen LogP contribution in [0.2, 0.25) is 10.0 Å². The van der Waals surface area contributed by atoms with E-state index >= 15 is 0 Å². The number of thioether (sulfide) groups is 1. The fourth-order valence-electron chi connectivity index (χ4n) is 3.61. The van der Waals surface area contributed by atoms with Crippen LogP contribution in [0.15, 0.2) is 47.0 Å². The van der Waals surface area contributed by atoms with Crippen LogP contribution in [0, 0.1) is 23.1 Å². The highest BCUT2D eigenvalue weighted by molar-refractivity contribution is 8.03. The summed E-state index contributed by atoms with van der Waals surface area (Å²) in [5.41, 5.74) is 0.307. The highest BCUT2D eigenvalue weighted by atomic mass is 35.5. The number of esters is 1. The third-order valence-electron chi connectivity index (χ3n) is 5.15. The first-order valence-corrected chi connectivity index (χ1v) is 12.3. The van der Waals surface area contributed by atoms with E-state index in [4.69, 9.17) is 32.7 Å². The number of allylic oxidation sites excluding steroid dienone is 1. The number of nitrogens with one attached hydrogen (secondary N) is 2. The molecule has 0 aromatic heterocycles. The SMILES string of the molecule is CCOc1c(Cl)cc([C@@H]2C(C#N)=C(SCC(=O)Nc3ccccc3F)NC(=O)[C@H]2C(=O)OC)cc1Cl. The van der Waals surface area contributed by atoms with Gasteiger partial charge < -0.3 is 20.1 Å². The Balaban J connectivity index is 1.98. The van der Waals surface area contributed by atoms with Crippen LogP contribution >= 0.6 is 35.0 Å². The molecule has 2 amide bonds. The summed E-state index contributed by atoms with van der Waals surface area (Å²) in [4.78, 5) is 37.9. The number of para-hydroxylation sites is 1. The van der Waals surface area contributed by atoms with E-state index in [1.807, 2.05) is 6.07 Å². The minimum absolute atomic E-state index is 0.00462. The Labute approximate surface area is 220 Å². The van der Waals surface area contributed by atoms with Crippen molar-refractivity contribution in [3.8, 4) is 11.8 Å². The van der Waals surface area contributed by atoms with E-state index in [9.17, 15) is 24.0 Å². The Morgan fingerprint density at radius 3 is 2.50 bits per heavy atom. The molecule has 0 fully saturated rings. The second-order valence-corrected chi connectivity index (χ2v) is 9.19. The number of benzene rings is 2. The normalized spacial score (nSPS) is 17.2. The van der Waals surface area contributed by atoms with Crippen molar-refractivity contribution in [2.45, 2.75) is 12.8 Å². The minimum atomic E-state index is -1.41. The molecule has 0 radical (unpaired) electrons. The Kier molecular flexibility index (Phi) is 9.20. The zero-order chi connectivity index (χ0) is 26.4. The topological polar surface area (TPSA) is 118 Å². The Hall–Kier alpha value is -3.26. The number of hydrogen-bond acceptors (Lipinski definition) is 7. The molecule has 2 aromatic rings. The lowest BCUT2D eigenvalue weighted by molar-refractivity contribution is -0.150. The summed E-state index contributed by atoms with van der Waals surface area (Å²) in [6.07, 6.45) is 0. The predicted octanol–water partition coefficient (Wildman–Crippen LogP) is 4.64. The number of carbonyl (C=O) groups is 3. The van der Waals surface area contributed by atoms with Crippen molar-refractivity contribution in [2.24, 2.45) is 5.92 Å². The van der Waals surface area contributed by atoms with E-state index in [1.54, 1.807) is 13.0 Å². The zero-order valence-electron chi connectivity index (χ0n) is 19.1. The van der Waals surface area contributed by atoms with E-state index in [0.717, 1.165) is 18.9 Å². The maximum absolute atomic E-state index is 13.8. The summed E-state index contributed by atoms with van der Waals surface area (Å²) < 4.78 is 24.1. The predicted molar refractivity (Wildman–Crippen MR) is 134 cm³/mol. The number of nitrogens with zero attached hydrogens (tertiary/aromatic N) is 1. The van der Waals surface area contributed by atoms with Crippen LogP contribution < -0.4 is 15.4 Å². The first-order chi connectivity index (χ1) is 17.2. The molecule has 1 aliphatic rings. The second kappa shape index (κ2) is 12.1. The van der Waals surface area contributed by atoms with Crippen molar-refractivity contribution in [2.75, 3.05) is 24.8 Å². The van der Waals surface area contributed by atoms with Gasteiger partial charge in [0.15, 0.2) is 5.75 Å². The van der Waals surface area contributed by atoms with Crippen molar-refractivity contribution in [3.63, 3.8) is 0 Å². The molecule has 3 rings (SSSR count). The van der Waals surface area contributed by atoms with Crippen LogP contribution in [-0.4, -0.2) is 37.3 Å². The molecular formula is C24H20Cl2FN3O5S. The lowest BCUT2D eigenvalue weighted by Gasteiger charge is -2.31. The second-order valence-electron chi connectivity index (χ2n) is 7.39. The molecular weight excluding hydrogens is 532 g/mol. The molecule has 0 saturated heterocycles. The van der Waals surface area contributed by atoms with Crippen molar-refractivity contribution in [1.29, 1.82) is 5.26 Å². The van der Waals surface area contributed by atoms with Crippen molar-refractivity contribution in [1.82, 2.24) is 5.32 Å². The third-order valence-corrected chi connectivity index (χ3v) is 6.73. The molecule has 0 bridgehead atoms. The first-order valence-electron chi connectivity index (χ1n) is 10.5. The van der Waals surface area contributed by atoms with Crippen molar-refractivity contribution < 1.29 is 28.2 Å². The molecule has 8 nitrogen and oxygen atoms in total. The third kappa shape index (κ3) is 5.93. The van der Waals surface area contributed by atoms with Gasteiger partial charge in [-0.15, -0.1) is 0 Å². The van der Waals surface area contributed by atoms with E-state index in [1.165, 1.54) is 30.3 Å². The number of carbonyl (C=O) groups excluding carboxylic acids is 3. The minimum Gasteiger partial charge on any atom is -0.491 e. The van der Waals surface area contributed by atoms with Crippen LogP contribution in [0.25, 0.3) is 0 Å². The van der Waals surface area contributed by atoms with Gasteiger partial charge in [0.2, 0.25) is 11.8 Å². The van der Waals surface area contributed by atoms with Crippen LogP contribution in [0.3, 0.4) is 0 Å². The number of ether oxygens (including phenoxy) is 2. The number of amides is 2. The van der Waals surface area contributed by atoms with Gasteiger partial charge in [0.05, 0.1) is 51.9 Å². The maximum atomic E-state index is 13.8. The Morgan fingerprint density at radius 2 is 1.92 bits per heavy atom. The van der Waals surface area contributed by atoms with Gasteiger partial charge in [-0.25, -0.2) is 4.39 Å². The largest absolute Gasteiger partial charge is 0.491 e. The molecule has 188 valence electrons. The van der Waals surface area contributed by atoms with Gasteiger partial charge in [-0.1, -0.05) is 47.1 Å². The van der Waals surface area contributed by atoms with E-state index in [0.29, 0.717) is 12.2 Å². The number of halogens is 3. The first kappa shape index (κ1) is 27.3. The number of nitriles is 1. The number of hydrogen-bond donors (Lipinski definition) is 2. The van der Waals surface area contributed by atoms with Crippen LogP contribution in [0.1, 0.15) is 18.4 Å². The highest BCUT2D eigenvalue weighted by Crippen LogP contribution is 2.44. The standard InChI is InChI=1S/C24H20Cl2FN3O5S/c1-3-35-21-14(25)8-12(9-15(21)26)19-13(10-28)23(30-22(32)20(19)24(33)34-2)36-11-18(31)29-17-7-5-4-6-16(17)27/h4-9,19-20H,3,11H2,1-2H3,(H,29,31)(H,30,32)/t19-,20+/m1/s1. The lowest BCUT2D eigenvalue weighted by Crippen LogP contribution is -2.44. The Bertz CT molecular complexity index is 1260. The monoisotopic (exact) mass is 551 g/mol. The summed E-state index contributed by atoms with van der Waals surface area (Å²) in [5, 5.41) is 15.3. The zero-order valence-corrected chi connectivity index (χ0v) is 21.4. The molecule has 1 heterocycles. The molecule has 0 saturated carbocycles. The Morgan fingerprint density at radius 1 is 1.25 bits per heavy atom. The summed E-state index contributed by atoms with van der Waals surface area (Å²) in [6, 6.07) is 10.6. The van der Waals surface area contributed by atoms with Crippen molar-refractivity contribution in [3.05, 3.63) is 68.4 Å². The van der Waals surface area contributed by atoms with E-state index in [2.05, 4.69) is 10.6 Å². The maximum Gasteiger partial charge on any atom is 0.319 e. The molecule has 2 N–H and O–H groups in total. The summed E-state index contributed by atoms with van der Waals surface area (Å²) >= 11 is 13.5. The van der Waals surface area contributed by atoms with Gasteiger partial charge in [-0.2, -0.15) is 5.26 Å². The molecule has 0 unspecified atom stereocenters. The quantitative estimate of drug-likeness (QED) is 0.362. The molecule has 36 heavy (non-hydrogen) atoms. The summed E-state index contributed by atoms with van der Waals surface area (Å²) in [6.45, 7) is 2.05. The number of anilines is 1. The molecule has 2 atom stereocenters. The van der Waals surface area contributed by atoms with E-state index in [-0.39, 0.29) is 37.8 Å². The lowest BCUT2D eigenvalue weighted by atomic mass is 9.78. The summed E-state index contributed by atoms with van der Waals surface area (Å²) in [5.74, 6) is -5.31. The average molecular weight is 552 g/mol. The van der Waals surface area contributed by atoms with E-state index < -0.39 is 35.4 Å². The van der Waals surface area contributed by atoms with Crippen LogP contribution in [-0.2, 0) is 19.1 Å². The smallest absolute Gasteiger partial charge is 0.319 e. The molecule has 2 aromatic carbocycles. The molecule has 1 aliphatic heterocycles. The van der Waals surface area contributed by atoms with Gasteiger partial charge in [-0.05, 0) is 36.8 Å². The van der Waals surface area contributed by atoms with Gasteiger partial charge in [0, 0.05) is 5.92 Å². The molecule has 0 spiro atoms. The van der Waals surface area contributed by atoms with Gasteiger partial charge in [0.1, 0.15) is 11.7 Å². The van der Waals surface area contributed by atoms with Crippen LogP contribution in [0.5, 0.6) is 5.75 Å². The van der Waals surface area contributed by atoms with Crippen LogP contribution in [0.4, 0.5) is 10.1 Å². The number of methoxy groups -OCH3 is 1. The fraction of sp³-hybridized carbons (Fsp3) is 0.250. The van der Waals surface area contributed by atoms with Gasteiger partial charge in [-0.3, -0.25) is 14.4 Å². The molecule has 12 heteroatoms. The average Bonchev–Trinajstić information content (AvgIpc) is 2.85. The fourth-order valence-corrected chi connectivity index (χ4v) is 5.07. The number of rotatable bonds is 8. The van der Waals surface area contributed by atoms with Gasteiger partial charge in [0.25, 0.3) is 0 Å². The van der Waals surface area contributed by atoms with Gasteiger partial charge >= 0.3 is 5.97 Å². The highest BCUT2D eigenvalue weighted by Gasteiger charge is 2.44. The summed E-state index contributed by atoms with van der Waals surface area (Å²) in [7, 11) is 1.12. The molecule has 0 aliphatic carbocycles. The van der Waals surface area contributed by atoms with Crippen molar-refractivity contribution >= 4 is 58.4 Å².